The van der Waals surface area contributed by atoms with Crippen molar-refractivity contribution in [2.75, 3.05) is 13.1 Å². The molecule has 0 bridgehead atoms. The third-order valence-electron chi connectivity index (χ3n) is 3.29. The standard InChI is InChI=1S/C14H22N2O2S2/c1-11(2)15-9-13-14(6-8-19-13)20(17,18)16-7-4-5-12(3)10-16/h5-6,8,11,15H,4,7,9-10H2,1-3H3. The molecule has 0 unspecified atom stereocenters. The first-order valence-corrected chi connectivity index (χ1v) is 9.18. The van der Waals surface area contributed by atoms with Gasteiger partial charge in [0.25, 0.3) is 0 Å². The van der Waals surface area contributed by atoms with Crippen LogP contribution in [0.1, 0.15) is 32.1 Å². The first-order valence-electron chi connectivity index (χ1n) is 6.87. The number of hydrogen-bond donors (Lipinski definition) is 1. The van der Waals surface area contributed by atoms with Crippen molar-refractivity contribution in [1.29, 1.82) is 0 Å². The Morgan fingerprint density at radius 2 is 2.20 bits per heavy atom. The highest BCUT2D eigenvalue weighted by Crippen LogP contribution is 2.27. The monoisotopic (exact) mass is 314 g/mol. The maximum Gasteiger partial charge on any atom is 0.244 e. The number of hydrogen-bond acceptors (Lipinski definition) is 4. The van der Waals surface area contributed by atoms with Crippen LogP contribution >= 0.6 is 11.3 Å². The zero-order valence-corrected chi connectivity index (χ0v) is 13.9. The summed E-state index contributed by atoms with van der Waals surface area (Å²) in [5, 5.41) is 5.15. The van der Waals surface area contributed by atoms with Crippen LogP contribution in [0.25, 0.3) is 0 Å². The number of nitrogens with one attached hydrogen (secondary N) is 1. The molecule has 0 radical (unpaired) electrons. The summed E-state index contributed by atoms with van der Waals surface area (Å²) < 4.78 is 27.1. The van der Waals surface area contributed by atoms with Gasteiger partial charge in [0.15, 0.2) is 0 Å². The lowest BCUT2D eigenvalue weighted by molar-refractivity contribution is 0.427. The van der Waals surface area contributed by atoms with E-state index in [1.807, 2.05) is 12.3 Å². The topological polar surface area (TPSA) is 49.4 Å². The van der Waals surface area contributed by atoms with E-state index >= 15 is 0 Å². The second-order valence-corrected chi connectivity index (χ2v) is 8.33. The minimum atomic E-state index is -3.37. The Bertz CT molecular complexity index is 588. The summed E-state index contributed by atoms with van der Waals surface area (Å²) in [7, 11) is -3.37. The van der Waals surface area contributed by atoms with E-state index in [0.717, 1.165) is 16.9 Å². The summed E-state index contributed by atoms with van der Waals surface area (Å²) in [6.07, 6.45) is 2.91. The summed E-state index contributed by atoms with van der Waals surface area (Å²) in [5.74, 6) is 0. The van der Waals surface area contributed by atoms with Crippen molar-refractivity contribution in [1.82, 2.24) is 9.62 Å². The Morgan fingerprint density at radius 1 is 1.45 bits per heavy atom. The zero-order chi connectivity index (χ0) is 14.8. The fraction of sp³-hybridized carbons (Fsp3) is 0.571. The van der Waals surface area contributed by atoms with Crippen molar-refractivity contribution in [3.8, 4) is 0 Å². The van der Waals surface area contributed by atoms with Crippen molar-refractivity contribution in [3.63, 3.8) is 0 Å². The first-order chi connectivity index (χ1) is 9.41. The molecule has 0 fully saturated rings. The van der Waals surface area contributed by atoms with Gasteiger partial charge in [0.05, 0.1) is 4.90 Å². The van der Waals surface area contributed by atoms with Gasteiger partial charge in [-0.15, -0.1) is 11.3 Å². The molecule has 4 nitrogen and oxygen atoms in total. The summed E-state index contributed by atoms with van der Waals surface area (Å²) in [5.41, 5.74) is 1.12. The molecule has 1 aliphatic rings. The number of thiophene rings is 1. The van der Waals surface area contributed by atoms with Gasteiger partial charge in [-0.1, -0.05) is 25.5 Å². The molecule has 0 aromatic carbocycles. The van der Waals surface area contributed by atoms with Gasteiger partial charge >= 0.3 is 0 Å². The number of sulfonamides is 1. The summed E-state index contributed by atoms with van der Waals surface area (Å²) in [6, 6.07) is 2.07. The highest BCUT2D eigenvalue weighted by atomic mass is 32.2. The molecule has 0 atom stereocenters. The van der Waals surface area contributed by atoms with Gasteiger partial charge < -0.3 is 5.32 Å². The SMILES string of the molecule is CC1=CCCN(S(=O)(=O)c2ccsc2CNC(C)C)C1. The highest BCUT2D eigenvalue weighted by Gasteiger charge is 2.28. The molecule has 20 heavy (non-hydrogen) atoms. The first kappa shape index (κ1) is 15.7. The molecule has 0 saturated carbocycles. The molecule has 0 spiro atoms. The largest absolute Gasteiger partial charge is 0.310 e. The molecule has 0 amide bonds. The van der Waals surface area contributed by atoms with Crippen LogP contribution in [0.4, 0.5) is 0 Å². The normalized spacial score (nSPS) is 17.5. The Kier molecular flexibility index (Phi) is 5.01. The van der Waals surface area contributed by atoms with Gasteiger partial charge in [0.2, 0.25) is 10.0 Å². The Hall–Kier alpha value is -0.690. The lowest BCUT2D eigenvalue weighted by Gasteiger charge is -2.25. The van der Waals surface area contributed by atoms with Crippen LogP contribution in [0.3, 0.4) is 0 Å². The van der Waals surface area contributed by atoms with Crippen molar-refractivity contribution >= 4 is 21.4 Å². The molecule has 112 valence electrons. The molecule has 0 aliphatic carbocycles. The molecule has 2 rings (SSSR count). The van der Waals surface area contributed by atoms with Crippen molar-refractivity contribution in [2.45, 2.75) is 44.7 Å². The number of nitrogens with zero attached hydrogens (tertiary/aromatic N) is 1. The van der Waals surface area contributed by atoms with Gasteiger partial charge in [0, 0.05) is 30.6 Å². The third kappa shape index (κ3) is 3.49. The maximum absolute atomic E-state index is 12.7. The molecule has 1 N–H and O–H groups in total. The van der Waals surface area contributed by atoms with E-state index in [4.69, 9.17) is 0 Å². The van der Waals surface area contributed by atoms with Crippen molar-refractivity contribution in [3.05, 3.63) is 28.0 Å². The average molecular weight is 314 g/mol. The Labute approximate surface area is 125 Å². The molecule has 1 aromatic rings. The van der Waals surface area contributed by atoms with Gasteiger partial charge in [0.1, 0.15) is 0 Å². The van der Waals surface area contributed by atoms with E-state index in [9.17, 15) is 8.42 Å². The quantitative estimate of drug-likeness (QED) is 0.850. The highest BCUT2D eigenvalue weighted by molar-refractivity contribution is 7.89. The molecule has 2 heterocycles. The van der Waals surface area contributed by atoms with Crippen LogP contribution in [0.5, 0.6) is 0 Å². The minimum absolute atomic E-state index is 0.341. The summed E-state index contributed by atoms with van der Waals surface area (Å²) in [4.78, 5) is 1.36. The molecule has 6 heteroatoms. The van der Waals surface area contributed by atoms with Gasteiger partial charge in [-0.2, -0.15) is 4.31 Å². The predicted octanol–water partition coefficient (Wildman–Crippen LogP) is 2.59. The second-order valence-electron chi connectivity index (χ2n) is 5.42. The van der Waals surface area contributed by atoms with Crippen LogP contribution in [-0.4, -0.2) is 31.9 Å². The molecular formula is C14H22N2O2S2. The van der Waals surface area contributed by atoms with E-state index < -0.39 is 10.0 Å². The van der Waals surface area contributed by atoms with Gasteiger partial charge in [-0.05, 0) is 24.8 Å². The Morgan fingerprint density at radius 3 is 2.85 bits per heavy atom. The molecule has 0 saturated heterocycles. The smallest absolute Gasteiger partial charge is 0.244 e. The zero-order valence-electron chi connectivity index (χ0n) is 12.2. The van der Waals surface area contributed by atoms with E-state index in [1.165, 1.54) is 11.3 Å². The van der Waals surface area contributed by atoms with Crippen LogP contribution in [0.15, 0.2) is 28.0 Å². The van der Waals surface area contributed by atoms with E-state index in [2.05, 4.69) is 25.2 Å². The summed E-state index contributed by atoms with van der Waals surface area (Å²) in [6.45, 7) is 7.78. The van der Waals surface area contributed by atoms with E-state index in [1.54, 1.807) is 10.4 Å². The van der Waals surface area contributed by atoms with Crippen molar-refractivity contribution in [2.24, 2.45) is 0 Å². The summed E-state index contributed by atoms with van der Waals surface area (Å²) >= 11 is 1.50. The van der Waals surface area contributed by atoms with Crippen LogP contribution < -0.4 is 5.32 Å². The van der Waals surface area contributed by atoms with Crippen LogP contribution in [0.2, 0.25) is 0 Å². The lowest BCUT2D eigenvalue weighted by atomic mass is 10.2. The fourth-order valence-corrected chi connectivity index (χ4v) is 5.07. The molecule has 1 aromatic heterocycles. The predicted molar refractivity (Wildman–Crippen MR) is 83.4 cm³/mol. The van der Waals surface area contributed by atoms with Gasteiger partial charge in [-0.25, -0.2) is 8.42 Å². The van der Waals surface area contributed by atoms with Crippen LogP contribution in [0, 0.1) is 0 Å². The molecule has 1 aliphatic heterocycles. The fourth-order valence-electron chi connectivity index (χ4n) is 2.21. The average Bonchev–Trinajstić information content (AvgIpc) is 2.85. The molecular weight excluding hydrogens is 292 g/mol. The maximum atomic E-state index is 12.7. The number of rotatable bonds is 5. The Balaban J connectivity index is 2.22. The van der Waals surface area contributed by atoms with E-state index in [-0.39, 0.29) is 0 Å². The second kappa shape index (κ2) is 6.39. The van der Waals surface area contributed by atoms with Crippen LogP contribution in [-0.2, 0) is 16.6 Å². The van der Waals surface area contributed by atoms with Crippen molar-refractivity contribution < 1.29 is 8.42 Å². The lowest BCUT2D eigenvalue weighted by Crippen LogP contribution is -2.36. The van der Waals surface area contributed by atoms with E-state index in [0.29, 0.717) is 30.6 Å². The van der Waals surface area contributed by atoms with Gasteiger partial charge in [-0.3, -0.25) is 0 Å². The third-order valence-corrected chi connectivity index (χ3v) is 6.27. The minimum Gasteiger partial charge on any atom is -0.310 e.